The molecule has 0 spiro atoms. The van der Waals surface area contributed by atoms with Gasteiger partial charge in [0, 0.05) is 24.4 Å². The molecule has 0 radical (unpaired) electrons. The number of nitrogens with one attached hydrogen (secondary N) is 1. The van der Waals surface area contributed by atoms with Crippen LogP contribution in [0.2, 0.25) is 0 Å². The number of amides is 1. The molecule has 3 rings (SSSR count). The molecular weight excluding hydrogens is 348 g/mol. The number of hydrogen-bond donors (Lipinski definition) is 1. The van der Waals surface area contributed by atoms with Crippen molar-refractivity contribution in [2.45, 2.75) is 25.0 Å². The first-order chi connectivity index (χ1) is 12.7. The fraction of sp³-hybridized carbons (Fsp3) is 0.211. The van der Waals surface area contributed by atoms with Crippen molar-refractivity contribution in [3.05, 3.63) is 61.1 Å². The third-order valence-corrected chi connectivity index (χ3v) is 4.71. The zero-order chi connectivity index (χ0) is 18.4. The van der Waals surface area contributed by atoms with Crippen LogP contribution in [0.25, 0.3) is 11.4 Å². The summed E-state index contributed by atoms with van der Waals surface area (Å²) in [5.74, 6) is 2.12. The molecule has 26 heavy (non-hydrogen) atoms. The van der Waals surface area contributed by atoms with Gasteiger partial charge in [0.05, 0.1) is 11.8 Å². The fourth-order valence-corrected chi connectivity index (χ4v) is 3.37. The molecule has 0 atom stereocenters. The van der Waals surface area contributed by atoms with Crippen molar-refractivity contribution in [3.8, 4) is 11.4 Å². The summed E-state index contributed by atoms with van der Waals surface area (Å²) in [6, 6.07) is 11.3. The highest BCUT2D eigenvalue weighted by molar-refractivity contribution is 7.99. The Morgan fingerprint density at radius 2 is 2.12 bits per heavy atom. The van der Waals surface area contributed by atoms with Crippen LogP contribution >= 0.6 is 11.8 Å². The van der Waals surface area contributed by atoms with Crippen molar-refractivity contribution in [1.29, 1.82) is 0 Å². The van der Waals surface area contributed by atoms with E-state index in [1.807, 2.05) is 47.9 Å². The summed E-state index contributed by atoms with van der Waals surface area (Å²) in [4.78, 5) is 12.1. The van der Waals surface area contributed by atoms with Crippen LogP contribution < -0.4 is 5.32 Å². The van der Waals surface area contributed by atoms with Crippen LogP contribution in [-0.4, -0.2) is 26.4 Å². The summed E-state index contributed by atoms with van der Waals surface area (Å²) < 4.78 is 7.34. The van der Waals surface area contributed by atoms with E-state index in [0.29, 0.717) is 18.7 Å². The molecule has 1 N–H and O–H groups in total. The van der Waals surface area contributed by atoms with E-state index in [0.717, 1.165) is 28.0 Å². The van der Waals surface area contributed by atoms with Gasteiger partial charge in [-0.15, -0.1) is 16.8 Å². The fourth-order valence-electron chi connectivity index (χ4n) is 2.49. The highest BCUT2D eigenvalue weighted by Gasteiger charge is 2.17. The molecule has 0 aliphatic carbocycles. The van der Waals surface area contributed by atoms with Gasteiger partial charge in [0.25, 0.3) is 0 Å². The van der Waals surface area contributed by atoms with Crippen LogP contribution in [0.5, 0.6) is 0 Å². The predicted molar refractivity (Wildman–Crippen MR) is 103 cm³/mol. The predicted octanol–water partition coefficient (Wildman–Crippen LogP) is 4.15. The van der Waals surface area contributed by atoms with Gasteiger partial charge >= 0.3 is 0 Å². The van der Waals surface area contributed by atoms with Gasteiger partial charge in [0.2, 0.25) is 5.91 Å². The third kappa shape index (κ3) is 4.23. The van der Waals surface area contributed by atoms with Gasteiger partial charge in [-0.25, -0.2) is 0 Å². The second-order valence-corrected chi connectivity index (χ2v) is 6.67. The van der Waals surface area contributed by atoms with Gasteiger partial charge in [-0.2, -0.15) is 0 Å². The Hall–Kier alpha value is -2.80. The number of rotatable bonds is 8. The molecule has 6 nitrogen and oxygen atoms in total. The molecule has 134 valence electrons. The Balaban J connectivity index is 1.63. The highest BCUT2D eigenvalue weighted by Crippen LogP contribution is 2.27. The van der Waals surface area contributed by atoms with Gasteiger partial charge in [-0.1, -0.05) is 36.0 Å². The lowest BCUT2D eigenvalue weighted by molar-refractivity contribution is -0.115. The Morgan fingerprint density at radius 3 is 2.81 bits per heavy atom. The topological polar surface area (TPSA) is 73.0 Å². The summed E-state index contributed by atoms with van der Waals surface area (Å²) >= 11 is 1.50. The molecule has 0 fully saturated rings. The molecule has 0 aliphatic rings. The molecule has 1 amide bonds. The van der Waals surface area contributed by atoms with E-state index in [1.54, 1.807) is 12.3 Å². The summed E-state index contributed by atoms with van der Waals surface area (Å²) in [7, 11) is 0. The van der Waals surface area contributed by atoms with Crippen molar-refractivity contribution in [3.63, 3.8) is 0 Å². The number of nitrogens with zero attached hydrogens (tertiary/aromatic N) is 3. The van der Waals surface area contributed by atoms with Crippen molar-refractivity contribution >= 4 is 23.4 Å². The largest absolute Gasteiger partial charge is 0.469 e. The number of benzene rings is 1. The molecule has 0 aliphatic heterocycles. The van der Waals surface area contributed by atoms with Crippen molar-refractivity contribution in [2.24, 2.45) is 0 Å². The molecule has 0 saturated carbocycles. The molecule has 0 bridgehead atoms. The van der Waals surface area contributed by atoms with Crippen molar-refractivity contribution in [2.75, 3.05) is 11.1 Å². The lowest BCUT2D eigenvalue weighted by Gasteiger charge is -2.07. The second-order valence-electron chi connectivity index (χ2n) is 5.61. The normalized spacial score (nSPS) is 10.7. The number of furan rings is 1. The average Bonchev–Trinajstić information content (AvgIpc) is 3.22. The van der Waals surface area contributed by atoms with E-state index < -0.39 is 0 Å². The molecule has 0 saturated heterocycles. The van der Waals surface area contributed by atoms with Gasteiger partial charge in [0.15, 0.2) is 11.0 Å². The number of carbonyl (C=O) groups is 1. The second kappa shape index (κ2) is 8.53. The van der Waals surface area contributed by atoms with Crippen molar-refractivity contribution < 1.29 is 9.21 Å². The van der Waals surface area contributed by atoms with E-state index in [9.17, 15) is 4.79 Å². The molecule has 1 aromatic carbocycles. The molecule has 2 heterocycles. The Bertz CT molecular complexity index is 886. The quantitative estimate of drug-likeness (QED) is 0.477. The number of thioether (sulfide) groups is 1. The monoisotopic (exact) mass is 368 g/mol. The van der Waals surface area contributed by atoms with Crippen LogP contribution in [0, 0.1) is 6.92 Å². The van der Waals surface area contributed by atoms with E-state index in [2.05, 4.69) is 22.1 Å². The van der Waals surface area contributed by atoms with E-state index in [4.69, 9.17) is 4.42 Å². The van der Waals surface area contributed by atoms with Gasteiger partial charge < -0.3 is 9.73 Å². The maximum Gasteiger partial charge on any atom is 0.225 e. The lowest BCUT2D eigenvalue weighted by Crippen LogP contribution is -2.12. The summed E-state index contributed by atoms with van der Waals surface area (Å²) in [6.07, 6.45) is 3.83. The minimum atomic E-state index is -0.0237. The third-order valence-electron chi connectivity index (χ3n) is 3.75. The maximum atomic E-state index is 12.1. The summed E-state index contributed by atoms with van der Waals surface area (Å²) in [5.41, 5.74) is 1.71. The minimum absolute atomic E-state index is 0.0237. The van der Waals surface area contributed by atoms with E-state index in [-0.39, 0.29) is 5.91 Å². The SMILES string of the molecule is C=CCn1c(SCCC(=O)Nc2ccccc2)nnc1-c1ccoc1C. The van der Waals surface area contributed by atoms with Crippen LogP contribution in [0.3, 0.4) is 0 Å². The Kier molecular flexibility index (Phi) is 5.91. The first-order valence-electron chi connectivity index (χ1n) is 8.25. The molecule has 3 aromatic rings. The molecule has 0 unspecified atom stereocenters. The van der Waals surface area contributed by atoms with Gasteiger partial charge in [-0.3, -0.25) is 9.36 Å². The maximum absolute atomic E-state index is 12.1. The number of carbonyl (C=O) groups excluding carboxylic acids is 1. The number of anilines is 1. The van der Waals surface area contributed by atoms with E-state index >= 15 is 0 Å². The molecule has 7 heteroatoms. The molecule has 2 aromatic heterocycles. The first kappa shape index (κ1) is 18.0. The number of allylic oxidation sites excluding steroid dienone is 1. The minimum Gasteiger partial charge on any atom is -0.469 e. The Labute approximate surface area is 156 Å². The zero-order valence-corrected chi connectivity index (χ0v) is 15.3. The number of hydrogen-bond acceptors (Lipinski definition) is 5. The summed E-state index contributed by atoms with van der Waals surface area (Å²) in [6.45, 7) is 6.28. The van der Waals surface area contributed by atoms with Crippen LogP contribution in [0.1, 0.15) is 12.2 Å². The first-order valence-corrected chi connectivity index (χ1v) is 9.24. The molecular formula is C19H20N4O2S. The lowest BCUT2D eigenvalue weighted by atomic mass is 10.2. The van der Waals surface area contributed by atoms with Gasteiger partial charge in [-0.05, 0) is 25.1 Å². The zero-order valence-electron chi connectivity index (χ0n) is 14.5. The van der Waals surface area contributed by atoms with E-state index in [1.165, 1.54) is 11.8 Å². The highest BCUT2D eigenvalue weighted by atomic mass is 32.2. The van der Waals surface area contributed by atoms with Crippen molar-refractivity contribution in [1.82, 2.24) is 14.8 Å². The standard InChI is InChI=1S/C19H20N4O2S/c1-3-11-23-18(16-9-12-25-14(16)2)21-22-19(23)26-13-10-17(24)20-15-7-5-4-6-8-15/h3-9,12H,1,10-11,13H2,2H3,(H,20,24). The van der Waals surface area contributed by atoms with Crippen LogP contribution in [0.4, 0.5) is 5.69 Å². The number of para-hydroxylation sites is 1. The van der Waals surface area contributed by atoms with Gasteiger partial charge in [0.1, 0.15) is 5.76 Å². The summed E-state index contributed by atoms with van der Waals surface area (Å²) in [5, 5.41) is 12.2. The van der Waals surface area contributed by atoms with Crippen LogP contribution in [0.15, 0.2) is 64.9 Å². The number of aryl methyl sites for hydroxylation is 1. The number of aromatic nitrogens is 3. The average molecular weight is 368 g/mol. The van der Waals surface area contributed by atoms with Crippen LogP contribution in [-0.2, 0) is 11.3 Å². The smallest absolute Gasteiger partial charge is 0.225 e. The Morgan fingerprint density at radius 1 is 1.31 bits per heavy atom.